The van der Waals surface area contributed by atoms with Gasteiger partial charge in [0.05, 0.1) is 0 Å². The molecule has 2 heteroatoms. The SMILES string of the molecule is CC1(C(Cl)Cc2cccc(Br)c2)CCCC1. The van der Waals surface area contributed by atoms with Crippen LogP contribution in [-0.4, -0.2) is 5.38 Å². The Morgan fingerprint density at radius 3 is 2.69 bits per heavy atom. The van der Waals surface area contributed by atoms with Crippen LogP contribution in [0.1, 0.15) is 38.2 Å². The van der Waals surface area contributed by atoms with Crippen LogP contribution in [-0.2, 0) is 6.42 Å². The summed E-state index contributed by atoms with van der Waals surface area (Å²) in [6, 6.07) is 8.48. The predicted molar refractivity (Wildman–Crippen MR) is 74.1 cm³/mol. The second-order valence-electron chi connectivity index (χ2n) is 5.16. The molecule has 0 amide bonds. The summed E-state index contributed by atoms with van der Waals surface area (Å²) < 4.78 is 1.14. The number of halogens is 2. The summed E-state index contributed by atoms with van der Waals surface area (Å²) in [5.74, 6) is 0. The lowest BCUT2D eigenvalue weighted by atomic mass is 9.82. The second-order valence-corrected chi connectivity index (χ2v) is 6.61. The average molecular weight is 302 g/mol. The lowest BCUT2D eigenvalue weighted by Crippen LogP contribution is -2.26. The van der Waals surface area contributed by atoms with Crippen molar-refractivity contribution in [1.29, 1.82) is 0 Å². The van der Waals surface area contributed by atoms with Gasteiger partial charge in [0, 0.05) is 9.85 Å². The molecule has 0 aromatic heterocycles. The van der Waals surface area contributed by atoms with Crippen LogP contribution in [0.3, 0.4) is 0 Å². The quantitative estimate of drug-likeness (QED) is 0.675. The monoisotopic (exact) mass is 300 g/mol. The molecule has 88 valence electrons. The Labute approximate surface area is 112 Å². The smallest absolute Gasteiger partial charge is 0.0430 e. The van der Waals surface area contributed by atoms with Gasteiger partial charge >= 0.3 is 0 Å². The van der Waals surface area contributed by atoms with E-state index in [1.165, 1.54) is 31.2 Å². The van der Waals surface area contributed by atoms with Gasteiger partial charge in [0.25, 0.3) is 0 Å². The fraction of sp³-hybridized carbons (Fsp3) is 0.571. The molecular weight excluding hydrogens is 284 g/mol. The van der Waals surface area contributed by atoms with Crippen molar-refractivity contribution in [3.8, 4) is 0 Å². The van der Waals surface area contributed by atoms with Crippen LogP contribution in [0.4, 0.5) is 0 Å². The highest BCUT2D eigenvalue weighted by atomic mass is 79.9. The topological polar surface area (TPSA) is 0 Å². The second kappa shape index (κ2) is 5.10. The normalized spacial score (nSPS) is 20.9. The number of hydrogen-bond donors (Lipinski definition) is 0. The first kappa shape index (κ1) is 12.4. The first-order valence-corrected chi connectivity index (χ1v) is 7.22. The fourth-order valence-corrected chi connectivity index (χ4v) is 3.46. The first-order chi connectivity index (χ1) is 7.60. The Kier molecular flexibility index (Phi) is 3.97. The maximum Gasteiger partial charge on any atom is 0.0430 e. The van der Waals surface area contributed by atoms with E-state index in [2.05, 4.69) is 47.1 Å². The van der Waals surface area contributed by atoms with E-state index in [-0.39, 0.29) is 5.38 Å². The van der Waals surface area contributed by atoms with Crippen LogP contribution >= 0.6 is 27.5 Å². The molecule has 0 spiro atoms. The zero-order chi connectivity index (χ0) is 11.6. The largest absolute Gasteiger partial charge is 0.122 e. The van der Waals surface area contributed by atoms with Crippen molar-refractivity contribution in [3.05, 3.63) is 34.3 Å². The average Bonchev–Trinajstić information content (AvgIpc) is 2.66. The molecule has 0 nitrogen and oxygen atoms in total. The molecule has 1 fully saturated rings. The Bertz CT molecular complexity index is 356. The highest BCUT2D eigenvalue weighted by molar-refractivity contribution is 9.10. The van der Waals surface area contributed by atoms with E-state index < -0.39 is 0 Å². The van der Waals surface area contributed by atoms with E-state index in [0.29, 0.717) is 5.41 Å². The summed E-state index contributed by atoms with van der Waals surface area (Å²) in [6.07, 6.45) is 6.25. The van der Waals surface area contributed by atoms with Crippen LogP contribution < -0.4 is 0 Å². The molecule has 0 N–H and O–H groups in total. The van der Waals surface area contributed by atoms with Crippen LogP contribution in [0.25, 0.3) is 0 Å². The fourth-order valence-electron chi connectivity index (χ4n) is 2.61. The Balaban J connectivity index is 2.04. The zero-order valence-electron chi connectivity index (χ0n) is 9.68. The minimum atomic E-state index is 0.268. The third kappa shape index (κ3) is 2.81. The van der Waals surface area contributed by atoms with Gasteiger partial charge in [0.15, 0.2) is 0 Å². The third-order valence-electron chi connectivity index (χ3n) is 3.81. The molecule has 16 heavy (non-hydrogen) atoms. The predicted octanol–water partition coefficient (Wildman–Crippen LogP) is 5.18. The minimum Gasteiger partial charge on any atom is -0.122 e. The van der Waals surface area contributed by atoms with Crippen molar-refractivity contribution < 1.29 is 0 Å². The van der Waals surface area contributed by atoms with Crippen molar-refractivity contribution in [2.45, 2.75) is 44.4 Å². The number of rotatable bonds is 3. The van der Waals surface area contributed by atoms with Crippen molar-refractivity contribution in [3.63, 3.8) is 0 Å². The van der Waals surface area contributed by atoms with Gasteiger partial charge < -0.3 is 0 Å². The van der Waals surface area contributed by atoms with Gasteiger partial charge in [-0.3, -0.25) is 0 Å². The maximum absolute atomic E-state index is 6.60. The molecule has 1 aliphatic rings. The molecule has 1 aromatic carbocycles. The standard InChI is InChI=1S/C14H18BrCl/c1-14(7-2-3-8-14)13(16)10-11-5-4-6-12(15)9-11/h4-6,9,13H,2-3,7-8,10H2,1H3. The third-order valence-corrected chi connectivity index (χ3v) is 4.98. The van der Waals surface area contributed by atoms with Gasteiger partial charge in [-0.15, -0.1) is 11.6 Å². The molecule has 1 unspecified atom stereocenters. The Hall–Kier alpha value is -0.0100. The Morgan fingerprint density at radius 1 is 1.38 bits per heavy atom. The van der Waals surface area contributed by atoms with E-state index in [0.717, 1.165) is 10.9 Å². The molecule has 2 rings (SSSR count). The highest BCUT2D eigenvalue weighted by Crippen LogP contribution is 2.44. The van der Waals surface area contributed by atoms with Crippen LogP contribution in [0.15, 0.2) is 28.7 Å². The minimum absolute atomic E-state index is 0.268. The summed E-state index contributed by atoms with van der Waals surface area (Å²) in [4.78, 5) is 0. The van der Waals surface area contributed by atoms with Crippen molar-refractivity contribution in [2.75, 3.05) is 0 Å². The van der Waals surface area contributed by atoms with Crippen LogP contribution in [0.2, 0.25) is 0 Å². The van der Waals surface area contributed by atoms with Crippen molar-refractivity contribution in [1.82, 2.24) is 0 Å². The lowest BCUT2D eigenvalue weighted by molar-refractivity contribution is 0.316. The maximum atomic E-state index is 6.60. The summed E-state index contributed by atoms with van der Waals surface area (Å²) >= 11 is 10.1. The highest BCUT2D eigenvalue weighted by Gasteiger charge is 2.35. The van der Waals surface area contributed by atoms with Gasteiger partial charge in [-0.25, -0.2) is 0 Å². The molecule has 0 saturated heterocycles. The summed E-state index contributed by atoms with van der Waals surface area (Å²) in [7, 11) is 0. The molecular formula is C14H18BrCl. The van der Waals surface area contributed by atoms with E-state index >= 15 is 0 Å². The number of alkyl halides is 1. The number of hydrogen-bond acceptors (Lipinski definition) is 0. The molecule has 0 radical (unpaired) electrons. The summed E-state index contributed by atoms with van der Waals surface area (Å²) in [5.41, 5.74) is 1.69. The molecule has 1 aromatic rings. The van der Waals surface area contributed by atoms with Crippen LogP contribution in [0.5, 0.6) is 0 Å². The molecule has 0 aliphatic heterocycles. The van der Waals surface area contributed by atoms with Gasteiger partial charge in [-0.2, -0.15) is 0 Å². The molecule has 0 heterocycles. The molecule has 1 atom stereocenters. The molecule has 0 bridgehead atoms. The summed E-state index contributed by atoms with van der Waals surface area (Å²) in [5, 5.41) is 0.268. The van der Waals surface area contributed by atoms with Crippen molar-refractivity contribution in [2.24, 2.45) is 5.41 Å². The van der Waals surface area contributed by atoms with Gasteiger partial charge in [0.1, 0.15) is 0 Å². The first-order valence-electron chi connectivity index (χ1n) is 5.99. The van der Waals surface area contributed by atoms with Crippen LogP contribution in [0, 0.1) is 5.41 Å². The van der Waals surface area contributed by atoms with E-state index in [4.69, 9.17) is 11.6 Å². The molecule has 1 saturated carbocycles. The zero-order valence-corrected chi connectivity index (χ0v) is 12.0. The van der Waals surface area contributed by atoms with Crippen molar-refractivity contribution >= 4 is 27.5 Å². The van der Waals surface area contributed by atoms with Gasteiger partial charge in [-0.05, 0) is 42.4 Å². The van der Waals surface area contributed by atoms with Gasteiger partial charge in [-0.1, -0.05) is 47.8 Å². The van der Waals surface area contributed by atoms with E-state index in [1.54, 1.807) is 0 Å². The van der Waals surface area contributed by atoms with Gasteiger partial charge in [0.2, 0.25) is 0 Å². The summed E-state index contributed by atoms with van der Waals surface area (Å²) in [6.45, 7) is 2.34. The molecule has 1 aliphatic carbocycles. The Morgan fingerprint density at radius 2 is 2.06 bits per heavy atom. The lowest BCUT2D eigenvalue weighted by Gasteiger charge is -2.29. The van der Waals surface area contributed by atoms with E-state index in [1.807, 2.05) is 0 Å². The van der Waals surface area contributed by atoms with E-state index in [9.17, 15) is 0 Å². The number of benzene rings is 1.